The first kappa shape index (κ1) is 16.7. The van der Waals surface area contributed by atoms with Crippen LogP contribution in [0.1, 0.15) is 37.2 Å². The zero-order chi connectivity index (χ0) is 15.9. The zero-order valence-corrected chi connectivity index (χ0v) is 14.4. The quantitative estimate of drug-likeness (QED) is 0.742. The van der Waals surface area contributed by atoms with Crippen LogP contribution in [0.2, 0.25) is 0 Å². The van der Waals surface area contributed by atoms with Crippen LogP contribution in [0.3, 0.4) is 0 Å². The van der Waals surface area contributed by atoms with E-state index < -0.39 is 0 Å². The van der Waals surface area contributed by atoms with Gasteiger partial charge in [-0.2, -0.15) is 16.9 Å². The number of aromatic nitrogens is 3. The molecule has 0 spiro atoms. The zero-order valence-electron chi connectivity index (χ0n) is 13.6. The molecule has 22 heavy (non-hydrogen) atoms. The van der Waals surface area contributed by atoms with Crippen LogP contribution in [0.25, 0.3) is 0 Å². The van der Waals surface area contributed by atoms with Crippen molar-refractivity contribution in [1.82, 2.24) is 14.8 Å². The van der Waals surface area contributed by atoms with E-state index in [-0.39, 0.29) is 0 Å². The van der Waals surface area contributed by atoms with Crippen molar-refractivity contribution >= 4 is 11.8 Å². The van der Waals surface area contributed by atoms with E-state index in [1.54, 1.807) is 18.9 Å². The minimum Gasteiger partial charge on any atom is -0.493 e. The van der Waals surface area contributed by atoms with Crippen molar-refractivity contribution in [2.75, 3.05) is 13.4 Å². The van der Waals surface area contributed by atoms with Crippen LogP contribution in [-0.4, -0.2) is 28.1 Å². The van der Waals surface area contributed by atoms with Gasteiger partial charge in [-0.3, -0.25) is 0 Å². The summed E-state index contributed by atoms with van der Waals surface area (Å²) in [6.45, 7) is 5.50. The van der Waals surface area contributed by atoms with Gasteiger partial charge in [-0.25, -0.2) is 9.67 Å². The molecular formula is C16H23N3O2S. The van der Waals surface area contributed by atoms with Crippen molar-refractivity contribution in [2.45, 2.75) is 38.7 Å². The Balaban J connectivity index is 2.12. The number of hydrogen-bond acceptors (Lipinski definition) is 5. The second-order valence-electron chi connectivity index (χ2n) is 4.93. The van der Waals surface area contributed by atoms with E-state index in [1.165, 1.54) is 0 Å². The molecule has 0 aliphatic heterocycles. The summed E-state index contributed by atoms with van der Waals surface area (Å²) in [5, 5.41) is 4.88. The maximum atomic E-state index is 5.80. The van der Waals surface area contributed by atoms with Gasteiger partial charge in [0.25, 0.3) is 0 Å². The van der Waals surface area contributed by atoms with E-state index in [1.807, 2.05) is 28.9 Å². The first-order valence-corrected chi connectivity index (χ1v) is 8.70. The molecule has 0 fully saturated rings. The summed E-state index contributed by atoms with van der Waals surface area (Å²) in [4.78, 5) is 4.64. The summed E-state index contributed by atoms with van der Waals surface area (Å²) in [6.07, 6.45) is 3.12. The molecule has 6 heteroatoms. The monoisotopic (exact) mass is 321 g/mol. The third kappa shape index (κ3) is 3.94. The van der Waals surface area contributed by atoms with E-state index >= 15 is 0 Å². The van der Waals surface area contributed by atoms with E-state index in [2.05, 4.69) is 30.2 Å². The van der Waals surface area contributed by atoms with E-state index in [4.69, 9.17) is 9.47 Å². The summed E-state index contributed by atoms with van der Waals surface area (Å²) in [5.74, 6) is 3.13. The van der Waals surface area contributed by atoms with Crippen molar-refractivity contribution < 1.29 is 9.47 Å². The number of para-hydroxylation sites is 2. The van der Waals surface area contributed by atoms with Crippen LogP contribution in [0, 0.1) is 0 Å². The molecule has 2 aromatic rings. The molecule has 0 amide bonds. The lowest BCUT2D eigenvalue weighted by Crippen LogP contribution is -2.06. The molecule has 1 aromatic heterocycles. The number of hydrogen-bond donors (Lipinski definition) is 0. The third-order valence-corrected chi connectivity index (χ3v) is 4.24. The minimum atomic E-state index is 0.319. The lowest BCUT2D eigenvalue weighted by molar-refractivity contribution is 0.275. The van der Waals surface area contributed by atoms with E-state index in [0.717, 1.165) is 18.8 Å². The Kier molecular flexibility index (Phi) is 6.12. The lowest BCUT2D eigenvalue weighted by atomic mass is 10.3. The van der Waals surface area contributed by atoms with Gasteiger partial charge in [0.15, 0.2) is 17.3 Å². The van der Waals surface area contributed by atoms with Crippen LogP contribution >= 0.6 is 11.8 Å². The van der Waals surface area contributed by atoms with Crippen LogP contribution in [0.4, 0.5) is 0 Å². The molecule has 1 atom stereocenters. The van der Waals surface area contributed by atoms with Gasteiger partial charge in [0.2, 0.25) is 0 Å². The highest BCUT2D eigenvalue weighted by molar-refractivity contribution is 7.98. The predicted octanol–water partition coefficient (Wildman–Crippen LogP) is 3.70. The first-order valence-electron chi connectivity index (χ1n) is 7.41. The van der Waals surface area contributed by atoms with Gasteiger partial charge in [-0.1, -0.05) is 19.1 Å². The number of thioether (sulfide) groups is 1. The van der Waals surface area contributed by atoms with Crippen molar-refractivity contribution in [3.8, 4) is 11.5 Å². The highest BCUT2D eigenvalue weighted by atomic mass is 32.2. The SMILES string of the molecule is CCCn1nc(COc2ccccc2OC)nc1[C@H](C)SC. The fraction of sp³-hybridized carbons (Fsp3) is 0.500. The van der Waals surface area contributed by atoms with Crippen LogP contribution in [-0.2, 0) is 13.2 Å². The Morgan fingerprint density at radius 1 is 1.27 bits per heavy atom. The highest BCUT2D eigenvalue weighted by Gasteiger charge is 2.16. The fourth-order valence-corrected chi connectivity index (χ4v) is 2.51. The smallest absolute Gasteiger partial charge is 0.188 e. The van der Waals surface area contributed by atoms with Gasteiger partial charge in [0.1, 0.15) is 12.4 Å². The van der Waals surface area contributed by atoms with E-state index in [0.29, 0.717) is 29.2 Å². The average Bonchev–Trinajstić information content (AvgIpc) is 2.95. The highest BCUT2D eigenvalue weighted by Crippen LogP contribution is 2.27. The van der Waals surface area contributed by atoms with Crippen molar-refractivity contribution in [3.05, 3.63) is 35.9 Å². The molecule has 0 bridgehead atoms. The number of rotatable bonds is 8. The molecule has 5 nitrogen and oxygen atoms in total. The summed E-state index contributed by atoms with van der Waals surface area (Å²) >= 11 is 1.77. The molecule has 0 radical (unpaired) electrons. The largest absolute Gasteiger partial charge is 0.493 e. The summed E-state index contributed by atoms with van der Waals surface area (Å²) in [6, 6.07) is 7.59. The normalized spacial score (nSPS) is 12.2. The third-order valence-electron chi connectivity index (χ3n) is 3.32. The number of aryl methyl sites for hydroxylation is 1. The van der Waals surface area contributed by atoms with Crippen LogP contribution in [0.15, 0.2) is 24.3 Å². The maximum absolute atomic E-state index is 5.80. The number of methoxy groups -OCH3 is 1. The van der Waals surface area contributed by atoms with Gasteiger partial charge in [0, 0.05) is 6.54 Å². The maximum Gasteiger partial charge on any atom is 0.188 e. The molecule has 120 valence electrons. The van der Waals surface area contributed by atoms with Gasteiger partial charge in [-0.05, 0) is 31.7 Å². The average molecular weight is 321 g/mol. The van der Waals surface area contributed by atoms with Gasteiger partial charge in [0.05, 0.1) is 12.4 Å². The Morgan fingerprint density at radius 3 is 2.64 bits per heavy atom. The summed E-state index contributed by atoms with van der Waals surface area (Å²) < 4.78 is 13.1. The van der Waals surface area contributed by atoms with Crippen LogP contribution in [0.5, 0.6) is 11.5 Å². The van der Waals surface area contributed by atoms with E-state index in [9.17, 15) is 0 Å². The van der Waals surface area contributed by atoms with Gasteiger partial charge >= 0.3 is 0 Å². The standard InChI is InChI=1S/C16H23N3O2S/c1-5-10-19-16(12(2)22-4)17-15(18-19)11-21-14-9-7-6-8-13(14)20-3/h6-9,12H,5,10-11H2,1-4H3/t12-/m0/s1. The second-order valence-corrected chi connectivity index (χ2v) is 6.11. The van der Waals surface area contributed by atoms with Gasteiger partial charge in [-0.15, -0.1) is 0 Å². The summed E-state index contributed by atoms with van der Waals surface area (Å²) in [5.41, 5.74) is 0. The second kappa shape index (κ2) is 8.08. The van der Waals surface area contributed by atoms with Crippen LogP contribution < -0.4 is 9.47 Å². The van der Waals surface area contributed by atoms with Crippen molar-refractivity contribution in [3.63, 3.8) is 0 Å². The number of nitrogens with zero attached hydrogens (tertiary/aromatic N) is 3. The Hall–Kier alpha value is -1.69. The molecule has 0 unspecified atom stereocenters. The summed E-state index contributed by atoms with van der Waals surface area (Å²) in [7, 11) is 1.63. The van der Waals surface area contributed by atoms with Crippen molar-refractivity contribution in [2.24, 2.45) is 0 Å². The minimum absolute atomic E-state index is 0.319. The molecule has 1 aromatic carbocycles. The molecular weight excluding hydrogens is 298 g/mol. The lowest BCUT2D eigenvalue weighted by Gasteiger charge is -2.08. The topological polar surface area (TPSA) is 49.2 Å². The molecule has 0 N–H and O–H groups in total. The fourth-order valence-electron chi connectivity index (χ4n) is 2.13. The Morgan fingerprint density at radius 2 is 2.00 bits per heavy atom. The number of ether oxygens (including phenoxy) is 2. The molecule has 0 aliphatic rings. The molecule has 0 saturated heterocycles. The molecule has 1 heterocycles. The Bertz CT molecular complexity index is 601. The predicted molar refractivity (Wildman–Crippen MR) is 89.6 cm³/mol. The van der Waals surface area contributed by atoms with Gasteiger partial charge < -0.3 is 9.47 Å². The molecule has 0 saturated carbocycles. The number of benzene rings is 1. The van der Waals surface area contributed by atoms with Crippen molar-refractivity contribution in [1.29, 1.82) is 0 Å². The molecule has 0 aliphatic carbocycles. The molecule has 2 rings (SSSR count). The Labute approximate surface area is 136 Å². The first-order chi connectivity index (χ1) is 10.7.